The number of rotatable bonds is 7. The van der Waals surface area contributed by atoms with Crippen molar-refractivity contribution in [1.29, 1.82) is 0 Å². The first kappa shape index (κ1) is 14.7. The molecule has 0 aliphatic carbocycles. The number of nitrogens with zero attached hydrogens (tertiary/aromatic N) is 2. The second-order valence-corrected chi connectivity index (χ2v) is 5.98. The predicted molar refractivity (Wildman–Crippen MR) is 65.1 cm³/mol. The molecule has 0 spiro atoms. The van der Waals surface area contributed by atoms with Crippen LogP contribution in [0, 0.1) is 0 Å². The third kappa shape index (κ3) is 4.46. The Morgan fingerprint density at radius 2 is 2.28 bits per heavy atom. The summed E-state index contributed by atoms with van der Waals surface area (Å²) in [6.07, 6.45) is 3.54. The molecular formula is C10H17N3O4S. The minimum atomic E-state index is -3.37. The fraction of sp³-hybridized carbons (Fsp3) is 0.600. The number of methoxy groups -OCH3 is 1. The Kier molecular flexibility index (Phi) is 5.29. The van der Waals surface area contributed by atoms with Gasteiger partial charge in [-0.1, -0.05) is 0 Å². The van der Waals surface area contributed by atoms with Crippen molar-refractivity contribution < 1.29 is 17.9 Å². The molecule has 1 heterocycles. The lowest BCUT2D eigenvalue weighted by atomic mass is 10.3. The number of nitrogens with one attached hydrogen (secondary N) is 1. The van der Waals surface area contributed by atoms with E-state index in [1.165, 1.54) is 18.5 Å². The molecule has 0 saturated carbocycles. The zero-order chi connectivity index (χ0) is 13.6. The first-order valence-corrected chi connectivity index (χ1v) is 7.05. The van der Waals surface area contributed by atoms with Crippen LogP contribution in [-0.4, -0.2) is 48.6 Å². The summed E-state index contributed by atoms with van der Waals surface area (Å²) in [7, 11) is -0.615. The van der Waals surface area contributed by atoms with Gasteiger partial charge >= 0.3 is 5.97 Å². The zero-order valence-electron chi connectivity index (χ0n) is 10.4. The van der Waals surface area contributed by atoms with Gasteiger partial charge in [0.15, 0.2) is 0 Å². The van der Waals surface area contributed by atoms with Crippen LogP contribution in [-0.2, 0) is 26.1 Å². The second kappa shape index (κ2) is 6.50. The van der Waals surface area contributed by atoms with Crippen molar-refractivity contribution in [3.63, 3.8) is 0 Å². The highest BCUT2D eigenvalue weighted by Gasteiger charge is 2.19. The van der Waals surface area contributed by atoms with E-state index in [0.717, 1.165) is 0 Å². The highest BCUT2D eigenvalue weighted by atomic mass is 32.2. The first-order valence-electron chi connectivity index (χ1n) is 5.45. The van der Waals surface area contributed by atoms with Crippen LogP contribution in [0.2, 0.25) is 0 Å². The molecule has 1 aromatic heterocycles. The molecule has 1 aromatic rings. The molecule has 0 unspecified atom stereocenters. The van der Waals surface area contributed by atoms with E-state index in [1.54, 1.807) is 12.4 Å². The summed E-state index contributed by atoms with van der Waals surface area (Å²) in [5.41, 5.74) is 0. The van der Waals surface area contributed by atoms with Crippen LogP contribution in [0.4, 0.5) is 0 Å². The van der Waals surface area contributed by atoms with Crippen molar-refractivity contribution >= 4 is 16.0 Å². The number of aromatic amines is 1. The molecule has 0 fully saturated rings. The lowest BCUT2D eigenvalue weighted by Gasteiger charge is -2.15. The maximum Gasteiger partial charge on any atom is 0.305 e. The number of carbonyl (C=O) groups is 1. The fourth-order valence-electron chi connectivity index (χ4n) is 1.35. The Hall–Kier alpha value is -1.41. The van der Waals surface area contributed by atoms with Gasteiger partial charge in [-0.2, -0.15) is 4.31 Å². The number of hydrogen-bond acceptors (Lipinski definition) is 5. The van der Waals surface area contributed by atoms with E-state index < -0.39 is 16.0 Å². The average Bonchev–Trinajstić information content (AvgIpc) is 2.81. The van der Waals surface area contributed by atoms with Gasteiger partial charge in [-0.05, 0) is 6.42 Å². The molecule has 18 heavy (non-hydrogen) atoms. The van der Waals surface area contributed by atoms with Crippen LogP contribution in [0.1, 0.15) is 18.7 Å². The summed E-state index contributed by atoms with van der Waals surface area (Å²) in [4.78, 5) is 17.7. The normalized spacial score (nSPS) is 11.7. The van der Waals surface area contributed by atoms with Crippen LogP contribution in [0.15, 0.2) is 12.4 Å². The molecular weight excluding hydrogens is 258 g/mol. The third-order valence-corrected chi connectivity index (χ3v) is 4.30. The molecule has 0 aliphatic heterocycles. The molecule has 0 aromatic carbocycles. The lowest BCUT2D eigenvalue weighted by Crippen LogP contribution is -2.29. The van der Waals surface area contributed by atoms with E-state index >= 15 is 0 Å². The van der Waals surface area contributed by atoms with Crippen molar-refractivity contribution in [1.82, 2.24) is 14.3 Å². The maximum absolute atomic E-state index is 11.9. The van der Waals surface area contributed by atoms with Gasteiger partial charge in [-0.15, -0.1) is 0 Å². The third-order valence-electron chi connectivity index (χ3n) is 2.41. The molecule has 0 atom stereocenters. The molecule has 1 rings (SSSR count). The van der Waals surface area contributed by atoms with Gasteiger partial charge in [0.25, 0.3) is 0 Å². The molecule has 0 aliphatic rings. The second-order valence-electron chi connectivity index (χ2n) is 3.79. The minimum absolute atomic E-state index is 0.0840. The summed E-state index contributed by atoms with van der Waals surface area (Å²) in [6.45, 7) is 0.188. The number of ether oxygens (including phenoxy) is 1. The number of aromatic nitrogens is 2. The Morgan fingerprint density at radius 3 is 2.83 bits per heavy atom. The topological polar surface area (TPSA) is 92.4 Å². The van der Waals surface area contributed by atoms with Gasteiger partial charge in [0.05, 0.1) is 19.4 Å². The van der Waals surface area contributed by atoms with Gasteiger partial charge in [0.2, 0.25) is 10.0 Å². The van der Waals surface area contributed by atoms with Gasteiger partial charge in [0.1, 0.15) is 5.82 Å². The van der Waals surface area contributed by atoms with E-state index in [-0.39, 0.29) is 25.1 Å². The smallest absolute Gasteiger partial charge is 0.305 e. The molecule has 0 radical (unpaired) electrons. The number of sulfonamides is 1. The van der Waals surface area contributed by atoms with Crippen molar-refractivity contribution in [3.8, 4) is 0 Å². The fourth-order valence-corrected chi connectivity index (χ4v) is 2.49. The Balaban J connectivity index is 2.45. The van der Waals surface area contributed by atoms with E-state index in [4.69, 9.17) is 0 Å². The Bertz CT molecular complexity index is 469. The number of carbonyl (C=O) groups excluding carboxylic acids is 1. The SMILES string of the molecule is COC(=O)CCCS(=O)(=O)N(C)Cc1ncc[nH]1. The van der Waals surface area contributed by atoms with Gasteiger partial charge in [0, 0.05) is 25.9 Å². The molecule has 1 N–H and O–H groups in total. The maximum atomic E-state index is 11.9. The largest absolute Gasteiger partial charge is 0.469 e. The molecule has 8 heteroatoms. The summed E-state index contributed by atoms with van der Waals surface area (Å²) in [6, 6.07) is 0. The molecule has 0 amide bonds. The summed E-state index contributed by atoms with van der Waals surface area (Å²) in [5.74, 6) is 0.0900. The monoisotopic (exact) mass is 275 g/mol. The zero-order valence-corrected chi connectivity index (χ0v) is 11.2. The highest BCUT2D eigenvalue weighted by molar-refractivity contribution is 7.89. The molecule has 7 nitrogen and oxygen atoms in total. The van der Waals surface area contributed by atoms with Crippen LogP contribution in [0.25, 0.3) is 0 Å². The van der Waals surface area contributed by atoms with Crippen molar-refractivity contribution in [2.75, 3.05) is 19.9 Å². The van der Waals surface area contributed by atoms with Gasteiger partial charge < -0.3 is 9.72 Å². The van der Waals surface area contributed by atoms with Gasteiger partial charge in [-0.25, -0.2) is 13.4 Å². The number of esters is 1. The molecule has 0 saturated heterocycles. The van der Waals surface area contributed by atoms with Gasteiger partial charge in [-0.3, -0.25) is 4.79 Å². The van der Waals surface area contributed by atoms with E-state index in [9.17, 15) is 13.2 Å². The van der Waals surface area contributed by atoms with Crippen LogP contribution in [0.5, 0.6) is 0 Å². The van der Waals surface area contributed by atoms with Crippen molar-refractivity contribution in [3.05, 3.63) is 18.2 Å². The highest BCUT2D eigenvalue weighted by Crippen LogP contribution is 2.06. The standard InChI is InChI=1S/C10H17N3O4S/c1-13(8-9-11-5-6-12-9)18(15,16)7-3-4-10(14)17-2/h5-6H,3-4,7-8H2,1-2H3,(H,11,12). The lowest BCUT2D eigenvalue weighted by molar-refractivity contribution is -0.140. The van der Waals surface area contributed by atoms with Crippen molar-refractivity contribution in [2.45, 2.75) is 19.4 Å². The summed E-state index contributed by atoms with van der Waals surface area (Å²) < 4.78 is 29.4. The van der Waals surface area contributed by atoms with Crippen LogP contribution in [0.3, 0.4) is 0 Å². The Morgan fingerprint density at radius 1 is 1.56 bits per heavy atom. The first-order chi connectivity index (χ1) is 8.45. The number of H-pyrrole nitrogens is 1. The van der Waals surface area contributed by atoms with Crippen LogP contribution >= 0.6 is 0 Å². The average molecular weight is 275 g/mol. The minimum Gasteiger partial charge on any atom is -0.469 e. The number of imidazole rings is 1. The summed E-state index contributed by atoms with van der Waals surface area (Å²) >= 11 is 0. The van der Waals surface area contributed by atoms with E-state index in [1.807, 2.05) is 0 Å². The molecule has 102 valence electrons. The Labute approximate surface area is 106 Å². The van der Waals surface area contributed by atoms with E-state index in [0.29, 0.717) is 5.82 Å². The van der Waals surface area contributed by atoms with Crippen LogP contribution < -0.4 is 0 Å². The van der Waals surface area contributed by atoms with E-state index in [2.05, 4.69) is 14.7 Å². The quantitative estimate of drug-likeness (QED) is 0.714. The molecule has 0 bridgehead atoms. The number of hydrogen-bond donors (Lipinski definition) is 1. The van der Waals surface area contributed by atoms with Crippen molar-refractivity contribution in [2.24, 2.45) is 0 Å². The predicted octanol–water partition coefficient (Wildman–Crippen LogP) is 0.124. The summed E-state index contributed by atoms with van der Waals surface area (Å²) in [5, 5.41) is 0.